The Bertz CT molecular complexity index is 705. The van der Waals surface area contributed by atoms with Crippen LogP contribution in [0.1, 0.15) is 24.0 Å². The smallest absolute Gasteiger partial charge is 0.411 e. The first-order valence-electron chi connectivity index (χ1n) is 10.2. The Hall–Kier alpha value is -2.37. The van der Waals surface area contributed by atoms with Gasteiger partial charge in [-0.1, -0.05) is 60.7 Å². The van der Waals surface area contributed by atoms with Crippen LogP contribution in [0.15, 0.2) is 60.7 Å². The first-order chi connectivity index (χ1) is 13.8. The second kappa shape index (κ2) is 9.22. The van der Waals surface area contributed by atoms with Crippen LogP contribution < -0.4 is 0 Å². The number of amides is 1. The van der Waals surface area contributed by atoms with E-state index in [-0.39, 0.29) is 12.2 Å². The predicted molar refractivity (Wildman–Crippen MR) is 110 cm³/mol. The normalized spacial score (nSPS) is 20.1. The molecule has 5 heteroatoms. The molecule has 28 heavy (non-hydrogen) atoms. The van der Waals surface area contributed by atoms with Gasteiger partial charge in [-0.25, -0.2) is 4.79 Å². The van der Waals surface area contributed by atoms with Crippen LogP contribution >= 0.6 is 0 Å². The van der Waals surface area contributed by atoms with Crippen LogP contribution in [0.5, 0.6) is 0 Å². The molecule has 0 aliphatic carbocycles. The van der Waals surface area contributed by atoms with E-state index in [0.717, 1.165) is 32.7 Å². The molecule has 2 heterocycles. The van der Waals surface area contributed by atoms with Crippen molar-refractivity contribution in [3.05, 3.63) is 71.8 Å². The van der Waals surface area contributed by atoms with E-state index in [4.69, 9.17) is 4.74 Å². The van der Waals surface area contributed by atoms with Crippen molar-refractivity contribution < 1.29 is 9.53 Å². The topological polar surface area (TPSA) is 36.0 Å². The van der Waals surface area contributed by atoms with Crippen molar-refractivity contribution in [2.24, 2.45) is 0 Å². The van der Waals surface area contributed by atoms with Gasteiger partial charge in [0.2, 0.25) is 0 Å². The number of likely N-dealkylation sites (tertiary alicyclic amines) is 1. The summed E-state index contributed by atoms with van der Waals surface area (Å²) in [5.41, 5.74) is 2.55. The van der Waals surface area contributed by atoms with Gasteiger partial charge in [-0.2, -0.15) is 0 Å². The Morgan fingerprint density at radius 2 is 1.46 bits per heavy atom. The maximum Gasteiger partial charge on any atom is 0.411 e. The van der Waals surface area contributed by atoms with Gasteiger partial charge < -0.3 is 4.74 Å². The van der Waals surface area contributed by atoms with Crippen LogP contribution in [0.2, 0.25) is 0 Å². The van der Waals surface area contributed by atoms with Gasteiger partial charge in [0.05, 0.1) is 13.2 Å². The molecule has 2 aliphatic heterocycles. The monoisotopic (exact) mass is 379 g/mol. The highest BCUT2D eigenvalue weighted by atomic mass is 16.6. The lowest BCUT2D eigenvalue weighted by Gasteiger charge is -2.25. The van der Waals surface area contributed by atoms with Crippen molar-refractivity contribution in [2.45, 2.75) is 32.0 Å². The van der Waals surface area contributed by atoms with Crippen LogP contribution in [0.4, 0.5) is 4.79 Å². The molecule has 1 atom stereocenters. The number of hydrogen-bond acceptors (Lipinski definition) is 4. The number of nitrogens with zero attached hydrogens (tertiary/aromatic N) is 3. The third-order valence-electron chi connectivity index (χ3n) is 5.48. The average molecular weight is 380 g/mol. The molecular weight excluding hydrogens is 350 g/mol. The van der Waals surface area contributed by atoms with Crippen molar-refractivity contribution in [3.8, 4) is 0 Å². The van der Waals surface area contributed by atoms with Crippen molar-refractivity contribution in [2.75, 3.05) is 32.8 Å². The Labute approximate surface area is 167 Å². The molecule has 0 N–H and O–H groups in total. The fourth-order valence-corrected chi connectivity index (χ4v) is 4.11. The lowest BCUT2D eigenvalue weighted by molar-refractivity contribution is 0.0994. The highest BCUT2D eigenvalue weighted by Crippen LogP contribution is 2.18. The number of rotatable bonds is 8. The van der Waals surface area contributed by atoms with E-state index in [1.807, 2.05) is 17.0 Å². The summed E-state index contributed by atoms with van der Waals surface area (Å²) in [6.07, 6.45) is 2.21. The summed E-state index contributed by atoms with van der Waals surface area (Å²) in [7, 11) is 0. The molecule has 5 nitrogen and oxygen atoms in total. The third-order valence-corrected chi connectivity index (χ3v) is 5.48. The molecule has 0 bridgehead atoms. The first kappa shape index (κ1) is 19.0. The Morgan fingerprint density at radius 1 is 0.893 bits per heavy atom. The van der Waals surface area contributed by atoms with Gasteiger partial charge >= 0.3 is 6.09 Å². The minimum Gasteiger partial charge on any atom is -0.443 e. The van der Waals surface area contributed by atoms with Gasteiger partial charge in [0.1, 0.15) is 6.10 Å². The summed E-state index contributed by atoms with van der Waals surface area (Å²) >= 11 is 0. The lowest BCUT2D eigenvalue weighted by Crippen LogP contribution is -2.38. The van der Waals surface area contributed by atoms with Crippen LogP contribution in [0.25, 0.3) is 0 Å². The molecule has 0 unspecified atom stereocenters. The molecule has 2 aromatic rings. The van der Waals surface area contributed by atoms with Crippen LogP contribution in [0.3, 0.4) is 0 Å². The zero-order valence-corrected chi connectivity index (χ0v) is 16.4. The number of carbonyl (C=O) groups is 1. The van der Waals surface area contributed by atoms with E-state index in [0.29, 0.717) is 13.2 Å². The van der Waals surface area contributed by atoms with Crippen molar-refractivity contribution in [1.82, 2.24) is 14.7 Å². The summed E-state index contributed by atoms with van der Waals surface area (Å²) in [5.74, 6) is 0. The van der Waals surface area contributed by atoms with E-state index in [2.05, 4.69) is 58.3 Å². The van der Waals surface area contributed by atoms with Crippen molar-refractivity contribution in [1.29, 1.82) is 0 Å². The van der Waals surface area contributed by atoms with E-state index in [1.54, 1.807) is 0 Å². The minimum absolute atomic E-state index is 0.0810. The van der Waals surface area contributed by atoms with Gasteiger partial charge in [0, 0.05) is 19.6 Å². The average Bonchev–Trinajstić information content (AvgIpc) is 3.34. The summed E-state index contributed by atoms with van der Waals surface area (Å²) in [6, 6.07) is 21.0. The highest BCUT2D eigenvalue weighted by Gasteiger charge is 2.33. The van der Waals surface area contributed by atoms with Crippen molar-refractivity contribution in [3.63, 3.8) is 0 Å². The largest absolute Gasteiger partial charge is 0.443 e. The molecule has 148 valence electrons. The molecule has 0 spiro atoms. The quantitative estimate of drug-likeness (QED) is 0.703. The highest BCUT2D eigenvalue weighted by molar-refractivity contribution is 5.69. The molecule has 2 aromatic carbocycles. The SMILES string of the molecule is O=C1O[C@H](CN(Cc2ccccc2)Cc2ccccc2)CN1CN1CCCC1. The zero-order chi connectivity index (χ0) is 19.2. The van der Waals surface area contributed by atoms with Crippen LogP contribution in [-0.4, -0.2) is 59.7 Å². The molecule has 2 fully saturated rings. The molecule has 2 aliphatic rings. The van der Waals surface area contributed by atoms with Crippen molar-refractivity contribution >= 4 is 6.09 Å². The summed E-state index contributed by atoms with van der Waals surface area (Å²) in [6.45, 7) is 5.98. The van der Waals surface area contributed by atoms with Crippen LogP contribution in [0, 0.1) is 0 Å². The Morgan fingerprint density at radius 3 is 2.04 bits per heavy atom. The van der Waals surface area contributed by atoms with Gasteiger partial charge in [0.15, 0.2) is 0 Å². The fourth-order valence-electron chi connectivity index (χ4n) is 4.11. The molecule has 0 saturated carbocycles. The zero-order valence-electron chi connectivity index (χ0n) is 16.4. The number of benzene rings is 2. The fraction of sp³-hybridized carbons (Fsp3) is 0.435. The first-order valence-corrected chi connectivity index (χ1v) is 10.2. The van der Waals surface area contributed by atoms with Gasteiger partial charge in [-0.05, 0) is 37.1 Å². The second-order valence-electron chi connectivity index (χ2n) is 7.84. The third kappa shape index (κ3) is 5.12. The lowest BCUT2D eigenvalue weighted by atomic mass is 10.1. The number of carbonyl (C=O) groups excluding carboxylic acids is 1. The van der Waals surface area contributed by atoms with Gasteiger partial charge in [-0.15, -0.1) is 0 Å². The summed E-state index contributed by atoms with van der Waals surface area (Å²) in [4.78, 5) is 18.9. The summed E-state index contributed by atoms with van der Waals surface area (Å²) in [5, 5.41) is 0. The maximum absolute atomic E-state index is 12.3. The minimum atomic E-state index is -0.170. The molecule has 2 saturated heterocycles. The van der Waals surface area contributed by atoms with Crippen LogP contribution in [-0.2, 0) is 17.8 Å². The molecule has 1 amide bonds. The number of cyclic esters (lactones) is 1. The molecular formula is C23H29N3O2. The van der Waals surface area contributed by atoms with E-state index in [9.17, 15) is 4.79 Å². The Kier molecular flexibility index (Phi) is 6.24. The second-order valence-corrected chi connectivity index (χ2v) is 7.84. The van der Waals surface area contributed by atoms with Gasteiger partial charge in [-0.3, -0.25) is 14.7 Å². The standard InChI is InChI=1S/C23H29N3O2/c27-23-26(19-24-13-7-8-14-24)18-22(28-23)17-25(15-20-9-3-1-4-10-20)16-21-11-5-2-6-12-21/h1-6,9-12,22H,7-8,13-19H2/t22-/m1/s1. The number of hydrogen-bond donors (Lipinski definition) is 0. The van der Waals surface area contributed by atoms with E-state index < -0.39 is 0 Å². The summed E-state index contributed by atoms with van der Waals surface area (Å²) < 4.78 is 5.71. The maximum atomic E-state index is 12.3. The predicted octanol–water partition coefficient (Wildman–Crippen LogP) is 3.56. The molecule has 4 rings (SSSR count). The van der Waals surface area contributed by atoms with E-state index >= 15 is 0 Å². The number of ether oxygens (including phenoxy) is 1. The Balaban J connectivity index is 1.39. The molecule has 0 radical (unpaired) electrons. The van der Waals surface area contributed by atoms with Gasteiger partial charge in [0.25, 0.3) is 0 Å². The molecule has 0 aromatic heterocycles. The van der Waals surface area contributed by atoms with E-state index in [1.165, 1.54) is 24.0 Å².